The fourth-order valence-electron chi connectivity index (χ4n) is 3.58. The Morgan fingerprint density at radius 1 is 1.36 bits per heavy atom. The second-order valence-electron chi connectivity index (χ2n) is 6.99. The SMILES string of the molecule is CN1CCCC1c1cc(C(=O)Nc2ccc3c(c2)ncn3CC(F)(F)F)n[nH]1. The van der Waals surface area contributed by atoms with Gasteiger partial charge >= 0.3 is 6.18 Å². The van der Waals surface area contributed by atoms with E-state index in [2.05, 4.69) is 25.4 Å². The molecule has 1 aromatic carbocycles. The highest BCUT2D eigenvalue weighted by atomic mass is 19.4. The summed E-state index contributed by atoms with van der Waals surface area (Å²) in [5, 5.41) is 9.73. The van der Waals surface area contributed by atoms with Gasteiger partial charge in [-0.3, -0.25) is 14.8 Å². The summed E-state index contributed by atoms with van der Waals surface area (Å²) in [6.45, 7) is -0.104. The molecule has 3 heterocycles. The molecule has 1 saturated heterocycles. The van der Waals surface area contributed by atoms with Gasteiger partial charge in [0.05, 0.1) is 29.1 Å². The van der Waals surface area contributed by atoms with Crippen molar-refractivity contribution in [3.63, 3.8) is 0 Å². The number of hydrogen-bond donors (Lipinski definition) is 2. The number of halogens is 3. The number of nitrogens with one attached hydrogen (secondary N) is 2. The minimum atomic E-state index is -4.33. The van der Waals surface area contributed by atoms with Crippen molar-refractivity contribution in [3.8, 4) is 0 Å². The number of aromatic amines is 1. The number of carbonyl (C=O) groups is 1. The summed E-state index contributed by atoms with van der Waals surface area (Å²) in [5.74, 6) is -0.391. The van der Waals surface area contributed by atoms with E-state index in [1.54, 1.807) is 18.2 Å². The first kappa shape index (κ1) is 18.5. The Morgan fingerprint density at radius 3 is 2.89 bits per heavy atom. The number of anilines is 1. The second kappa shape index (κ2) is 6.93. The van der Waals surface area contributed by atoms with Crippen LogP contribution in [-0.4, -0.2) is 50.3 Å². The maximum absolute atomic E-state index is 12.6. The van der Waals surface area contributed by atoms with Crippen LogP contribution in [0.25, 0.3) is 11.0 Å². The molecule has 0 bridgehead atoms. The molecule has 0 aliphatic carbocycles. The molecule has 1 aliphatic rings. The second-order valence-corrected chi connectivity index (χ2v) is 6.99. The van der Waals surface area contributed by atoms with E-state index >= 15 is 0 Å². The van der Waals surface area contributed by atoms with Gasteiger partial charge in [0.15, 0.2) is 5.69 Å². The van der Waals surface area contributed by atoms with Gasteiger partial charge in [0.25, 0.3) is 5.91 Å². The van der Waals surface area contributed by atoms with Crippen LogP contribution in [0, 0.1) is 0 Å². The summed E-state index contributed by atoms with van der Waals surface area (Å²) in [6.07, 6.45) is -1.08. The van der Waals surface area contributed by atoms with Crippen molar-refractivity contribution in [1.82, 2.24) is 24.6 Å². The van der Waals surface area contributed by atoms with Crippen LogP contribution in [0.15, 0.2) is 30.6 Å². The van der Waals surface area contributed by atoms with E-state index in [0.29, 0.717) is 16.7 Å². The molecule has 10 heteroatoms. The lowest BCUT2D eigenvalue weighted by Gasteiger charge is -2.16. The molecule has 1 unspecified atom stereocenters. The Hall–Kier alpha value is -2.88. The number of fused-ring (bicyclic) bond motifs is 1. The van der Waals surface area contributed by atoms with Crippen molar-refractivity contribution in [2.45, 2.75) is 31.6 Å². The zero-order valence-corrected chi connectivity index (χ0v) is 15.1. The zero-order chi connectivity index (χ0) is 19.9. The molecule has 0 spiro atoms. The quantitative estimate of drug-likeness (QED) is 0.714. The smallest absolute Gasteiger partial charge is 0.321 e. The summed E-state index contributed by atoms with van der Waals surface area (Å²) >= 11 is 0. The molecule has 0 saturated carbocycles. The van der Waals surface area contributed by atoms with Crippen LogP contribution in [0.4, 0.5) is 18.9 Å². The molecule has 4 rings (SSSR count). The first-order valence-corrected chi connectivity index (χ1v) is 8.89. The van der Waals surface area contributed by atoms with Crippen molar-refractivity contribution in [2.75, 3.05) is 18.9 Å². The maximum Gasteiger partial charge on any atom is 0.406 e. The number of aromatic nitrogens is 4. The molecule has 1 fully saturated rings. The number of nitrogens with zero attached hydrogens (tertiary/aromatic N) is 4. The van der Waals surface area contributed by atoms with Crippen molar-refractivity contribution in [2.24, 2.45) is 0 Å². The summed E-state index contributed by atoms with van der Waals surface area (Å²) in [4.78, 5) is 18.7. The molecule has 1 atom stereocenters. The molecule has 1 aliphatic heterocycles. The van der Waals surface area contributed by atoms with E-state index < -0.39 is 18.6 Å². The molecule has 1 amide bonds. The lowest BCUT2D eigenvalue weighted by atomic mass is 10.1. The molecule has 0 radical (unpaired) electrons. The number of H-pyrrole nitrogens is 1. The topological polar surface area (TPSA) is 78.8 Å². The van der Waals surface area contributed by atoms with E-state index in [9.17, 15) is 18.0 Å². The van der Waals surface area contributed by atoms with E-state index in [0.717, 1.165) is 36.0 Å². The van der Waals surface area contributed by atoms with Crippen LogP contribution in [0.3, 0.4) is 0 Å². The van der Waals surface area contributed by atoms with Crippen LogP contribution in [0.2, 0.25) is 0 Å². The van der Waals surface area contributed by atoms with Crippen molar-refractivity contribution < 1.29 is 18.0 Å². The zero-order valence-electron chi connectivity index (χ0n) is 15.1. The summed E-state index contributed by atoms with van der Waals surface area (Å²) < 4.78 is 38.8. The average molecular weight is 392 g/mol. The van der Waals surface area contributed by atoms with Gasteiger partial charge < -0.3 is 9.88 Å². The number of rotatable bonds is 4. The predicted octanol–water partition coefficient (Wildman–Crippen LogP) is 3.34. The van der Waals surface area contributed by atoms with E-state index in [1.165, 1.54) is 6.07 Å². The summed E-state index contributed by atoms with van der Waals surface area (Å²) in [5.41, 5.74) is 2.32. The normalized spacial score (nSPS) is 18.1. The largest absolute Gasteiger partial charge is 0.406 e. The molecule has 3 aromatic rings. The number of imidazole rings is 1. The maximum atomic E-state index is 12.6. The highest BCUT2D eigenvalue weighted by Crippen LogP contribution is 2.29. The molecule has 2 aromatic heterocycles. The third-order valence-corrected chi connectivity index (χ3v) is 4.94. The first-order valence-electron chi connectivity index (χ1n) is 8.89. The third-order valence-electron chi connectivity index (χ3n) is 4.94. The fraction of sp³-hybridized carbons (Fsp3) is 0.389. The van der Waals surface area contributed by atoms with Crippen LogP contribution in [-0.2, 0) is 6.54 Å². The summed E-state index contributed by atoms with van der Waals surface area (Å²) in [7, 11) is 2.03. The molecular weight excluding hydrogens is 373 g/mol. The van der Waals surface area contributed by atoms with E-state index in [-0.39, 0.29) is 11.7 Å². The van der Waals surface area contributed by atoms with Gasteiger partial charge in [-0.25, -0.2) is 4.98 Å². The number of carbonyl (C=O) groups excluding carboxylic acids is 1. The van der Waals surface area contributed by atoms with Gasteiger partial charge in [-0.1, -0.05) is 0 Å². The number of likely N-dealkylation sites (tertiary alicyclic amines) is 1. The van der Waals surface area contributed by atoms with Crippen LogP contribution < -0.4 is 5.32 Å². The van der Waals surface area contributed by atoms with Gasteiger partial charge in [-0.2, -0.15) is 18.3 Å². The van der Waals surface area contributed by atoms with Crippen molar-refractivity contribution in [1.29, 1.82) is 0 Å². The minimum Gasteiger partial charge on any atom is -0.321 e. The van der Waals surface area contributed by atoms with Crippen LogP contribution in [0.5, 0.6) is 0 Å². The first-order chi connectivity index (χ1) is 13.3. The molecule has 148 valence electrons. The lowest BCUT2D eigenvalue weighted by Crippen LogP contribution is -2.17. The minimum absolute atomic E-state index is 0.225. The highest BCUT2D eigenvalue weighted by molar-refractivity contribution is 6.03. The molecular formula is C18H19F3N6O. The Bertz CT molecular complexity index is 1010. The number of alkyl halides is 3. The summed E-state index contributed by atoms with van der Waals surface area (Å²) in [6, 6.07) is 6.56. The van der Waals surface area contributed by atoms with E-state index in [4.69, 9.17) is 0 Å². The number of amides is 1. The van der Waals surface area contributed by atoms with E-state index in [1.807, 2.05) is 7.05 Å². The van der Waals surface area contributed by atoms with Gasteiger partial charge in [-0.05, 0) is 50.7 Å². The fourth-order valence-corrected chi connectivity index (χ4v) is 3.58. The van der Waals surface area contributed by atoms with Gasteiger partial charge in [0.2, 0.25) is 0 Å². The van der Waals surface area contributed by atoms with Gasteiger partial charge in [0, 0.05) is 5.69 Å². The Kier molecular flexibility index (Phi) is 4.58. The molecule has 28 heavy (non-hydrogen) atoms. The average Bonchev–Trinajstić information content (AvgIpc) is 3.33. The van der Waals surface area contributed by atoms with Gasteiger partial charge in [0.1, 0.15) is 6.54 Å². The Morgan fingerprint density at radius 2 is 2.18 bits per heavy atom. The number of benzene rings is 1. The monoisotopic (exact) mass is 392 g/mol. The standard InChI is InChI=1S/C18H19F3N6O/c1-26-6-2-3-15(26)13-8-14(25-24-13)17(28)23-11-4-5-16-12(7-11)22-10-27(16)9-18(19,20)21/h4-5,7-8,10,15H,2-3,6,9H2,1H3,(H,23,28)(H,24,25). The molecule has 7 nitrogen and oxygen atoms in total. The van der Waals surface area contributed by atoms with Crippen molar-refractivity contribution >= 4 is 22.6 Å². The van der Waals surface area contributed by atoms with Crippen LogP contribution in [0.1, 0.15) is 35.1 Å². The predicted molar refractivity (Wildman–Crippen MR) is 96.9 cm³/mol. The Balaban J connectivity index is 1.49. The third kappa shape index (κ3) is 3.72. The van der Waals surface area contributed by atoms with Crippen LogP contribution >= 0.6 is 0 Å². The Labute approximate surface area is 158 Å². The van der Waals surface area contributed by atoms with Crippen molar-refractivity contribution in [3.05, 3.63) is 42.0 Å². The lowest BCUT2D eigenvalue weighted by molar-refractivity contribution is -0.139. The van der Waals surface area contributed by atoms with Gasteiger partial charge in [-0.15, -0.1) is 0 Å². The number of hydrogen-bond acceptors (Lipinski definition) is 4. The highest BCUT2D eigenvalue weighted by Gasteiger charge is 2.28. The molecule has 2 N–H and O–H groups in total.